The molecule has 0 bridgehead atoms. The Morgan fingerprint density at radius 1 is 1.21 bits per heavy atom. The molecule has 3 rings (SSSR count). The first-order chi connectivity index (χ1) is 11.3. The second-order valence-corrected chi connectivity index (χ2v) is 6.36. The summed E-state index contributed by atoms with van der Waals surface area (Å²) in [5.74, 6) is -0.693. The Morgan fingerprint density at radius 3 is 2.62 bits per heavy atom. The summed E-state index contributed by atoms with van der Waals surface area (Å²) in [6, 6.07) is 10.1. The molecule has 0 atom stereocenters. The fraction of sp³-hybridized carbons (Fsp3) is 0.125. The number of halogens is 3. The molecular formula is C16H12F3N3OS. The standard InChI is InChI=1S/C16H12F3N3OS/c1-9-6-7-13(24-9)12-8-14(22-21-12)20-15(23)10-4-2-3-5-11(10)16(17,18)19/h2-8H,1H3,(H2,20,21,22,23). The van der Waals surface area contributed by atoms with Gasteiger partial charge in [-0.05, 0) is 31.2 Å². The van der Waals surface area contributed by atoms with E-state index >= 15 is 0 Å². The van der Waals surface area contributed by atoms with E-state index in [-0.39, 0.29) is 5.82 Å². The van der Waals surface area contributed by atoms with Crippen LogP contribution in [0.25, 0.3) is 10.6 Å². The number of thiophene rings is 1. The molecule has 1 aromatic carbocycles. The van der Waals surface area contributed by atoms with Crippen LogP contribution in [0, 0.1) is 6.92 Å². The summed E-state index contributed by atoms with van der Waals surface area (Å²) in [5, 5.41) is 9.08. The maximum absolute atomic E-state index is 13.0. The molecule has 3 aromatic rings. The van der Waals surface area contributed by atoms with Crippen molar-refractivity contribution in [2.45, 2.75) is 13.1 Å². The minimum atomic E-state index is -4.60. The number of benzene rings is 1. The van der Waals surface area contributed by atoms with Crippen LogP contribution in [0.4, 0.5) is 19.0 Å². The lowest BCUT2D eigenvalue weighted by molar-refractivity contribution is -0.137. The number of alkyl halides is 3. The summed E-state index contributed by atoms with van der Waals surface area (Å²) >= 11 is 1.54. The van der Waals surface area contributed by atoms with Crippen molar-refractivity contribution < 1.29 is 18.0 Å². The van der Waals surface area contributed by atoms with Gasteiger partial charge in [-0.15, -0.1) is 11.3 Å². The Balaban J connectivity index is 1.83. The highest BCUT2D eigenvalue weighted by Gasteiger charge is 2.34. The first kappa shape index (κ1) is 16.3. The predicted molar refractivity (Wildman–Crippen MR) is 86.0 cm³/mol. The minimum Gasteiger partial charge on any atom is -0.305 e. The van der Waals surface area contributed by atoms with Gasteiger partial charge in [-0.3, -0.25) is 9.89 Å². The molecule has 124 valence electrons. The molecule has 2 heterocycles. The van der Waals surface area contributed by atoms with Crippen LogP contribution in [0.2, 0.25) is 0 Å². The van der Waals surface area contributed by atoms with Gasteiger partial charge in [0.2, 0.25) is 0 Å². The third-order valence-electron chi connectivity index (χ3n) is 3.30. The summed E-state index contributed by atoms with van der Waals surface area (Å²) in [4.78, 5) is 14.2. The predicted octanol–water partition coefficient (Wildman–Crippen LogP) is 4.72. The van der Waals surface area contributed by atoms with Gasteiger partial charge in [-0.1, -0.05) is 12.1 Å². The summed E-state index contributed by atoms with van der Waals surface area (Å²) in [5.41, 5.74) is -0.735. The van der Waals surface area contributed by atoms with Crippen molar-refractivity contribution in [2.75, 3.05) is 5.32 Å². The van der Waals surface area contributed by atoms with Gasteiger partial charge in [-0.25, -0.2) is 0 Å². The van der Waals surface area contributed by atoms with E-state index in [2.05, 4.69) is 15.5 Å². The van der Waals surface area contributed by atoms with Gasteiger partial charge >= 0.3 is 6.18 Å². The number of hydrogen-bond donors (Lipinski definition) is 2. The van der Waals surface area contributed by atoms with Crippen LogP contribution in [-0.4, -0.2) is 16.1 Å². The van der Waals surface area contributed by atoms with Crippen molar-refractivity contribution >= 4 is 23.1 Å². The Hall–Kier alpha value is -2.61. The highest BCUT2D eigenvalue weighted by molar-refractivity contribution is 7.15. The number of anilines is 1. The van der Waals surface area contributed by atoms with Crippen LogP contribution in [-0.2, 0) is 6.18 Å². The Kier molecular flexibility index (Phi) is 4.15. The number of aromatic amines is 1. The van der Waals surface area contributed by atoms with Crippen molar-refractivity contribution in [3.05, 3.63) is 58.5 Å². The minimum absolute atomic E-state index is 0.165. The zero-order valence-corrected chi connectivity index (χ0v) is 13.3. The Morgan fingerprint density at radius 2 is 1.96 bits per heavy atom. The number of carbonyl (C=O) groups excluding carboxylic acids is 1. The molecule has 0 unspecified atom stereocenters. The average Bonchev–Trinajstić information content (AvgIpc) is 3.15. The largest absolute Gasteiger partial charge is 0.417 e. The fourth-order valence-electron chi connectivity index (χ4n) is 2.20. The molecule has 2 aromatic heterocycles. The van der Waals surface area contributed by atoms with Crippen molar-refractivity contribution in [1.29, 1.82) is 0 Å². The fourth-order valence-corrected chi connectivity index (χ4v) is 3.04. The molecule has 0 saturated heterocycles. The molecule has 0 fully saturated rings. The van der Waals surface area contributed by atoms with Gasteiger partial charge in [0, 0.05) is 10.9 Å². The van der Waals surface area contributed by atoms with Crippen LogP contribution >= 0.6 is 11.3 Å². The monoisotopic (exact) mass is 351 g/mol. The SMILES string of the molecule is Cc1ccc(-c2cc(NC(=O)c3ccccc3C(F)(F)F)n[nH]2)s1. The van der Waals surface area contributed by atoms with Crippen molar-refractivity contribution in [1.82, 2.24) is 10.2 Å². The molecule has 0 saturated carbocycles. The van der Waals surface area contributed by atoms with Crippen molar-refractivity contribution in [3.8, 4) is 10.6 Å². The molecule has 4 nitrogen and oxygen atoms in total. The van der Waals surface area contributed by atoms with E-state index in [9.17, 15) is 18.0 Å². The summed E-state index contributed by atoms with van der Waals surface area (Å²) in [6.45, 7) is 1.96. The van der Waals surface area contributed by atoms with Crippen molar-refractivity contribution in [3.63, 3.8) is 0 Å². The molecule has 2 N–H and O–H groups in total. The van der Waals surface area contributed by atoms with E-state index < -0.39 is 23.2 Å². The molecule has 1 amide bonds. The molecule has 0 radical (unpaired) electrons. The zero-order valence-electron chi connectivity index (χ0n) is 12.4. The first-order valence-electron chi connectivity index (χ1n) is 6.94. The van der Waals surface area contributed by atoms with E-state index in [1.807, 2.05) is 19.1 Å². The molecule has 24 heavy (non-hydrogen) atoms. The van der Waals surface area contributed by atoms with Gasteiger partial charge < -0.3 is 5.32 Å². The third-order valence-corrected chi connectivity index (χ3v) is 4.34. The van der Waals surface area contributed by atoms with E-state index in [1.54, 1.807) is 17.4 Å². The molecule has 0 spiro atoms. The number of carbonyl (C=O) groups is 1. The first-order valence-corrected chi connectivity index (χ1v) is 7.76. The highest BCUT2D eigenvalue weighted by atomic mass is 32.1. The second kappa shape index (κ2) is 6.12. The van der Waals surface area contributed by atoms with Crippen LogP contribution in [0.5, 0.6) is 0 Å². The smallest absolute Gasteiger partial charge is 0.305 e. The maximum atomic E-state index is 13.0. The van der Waals surface area contributed by atoms with E-state index in [1.165, 1.54) is 12.1 Å². The van der Waals surface area contributed by atoms with E-state index in [0.717, 1.165) is 21.9 Å². The lowest BCUT2D eigenvalue weighted by atomic mass is 10.1. The lowest BCUT2D eigenvalue weighted by Crippen LogP contribution is -2.18. The highest BCUT2D eigenvalue weighted by Crippen LogP contribution is 2.32. The van der Waals surface area contributed by atoms with Gasteiger partial charge in [-0.2, -0.15) is 18.3 Å². The van der Waals surface area contributed by atoms with Crippen LogP contribution < -0.4 is 5.32 Å². The maximum Gasteiger partial charge on any atom is 0.417 e. The van der Waals surface area contributed by atoms with Crippen LogP contribution in [0.3, 0.4) is 0 Å². The van der Waals surface area contributed by atoms with Gasteiger partial charge in [0.15, 0.2) is 5.82 Å². The number of hydrogen-bond acceptors (Lipinski definition) is 3. The summed E-state index contributed by atoms with van der Waals surface area (Å²) in [7, 11) is 0. The second-order valence-electron chi connectivity index (χ2n) is 5.07. The number of aromatic nitrogens is 2. The van der Waals surface area contributed by atoms with Gasteiger partial charge in [0.1, 0.15) is 0 Å². The van der Waals surface area contributed by atoms with Crippen molar-refractivity contribution in [2.24, 2.45) is 0 Å². The Labute approximate surface area is 139 Å². The molecule has 8 heteroatoms. The Bertz CT molecular complexity index is 883. The third kappa shape index (κ3) is 3.33. The summed E-state index contributed by atoms with van der Waals surface area (Å²) in [6.07, 6.45) is -4.60. The molecule has 0 aliphatic carbocycles. The van der Waals surface area contributed by atoms with Gasteiger partial charge in [0.05, 0.1) is 21.7 Å². The summed E-state index contributed by atoms with van der Waals surface area (Å²) < 4.78 is 38.9. The van der Waals surface area contributed by atoms with E-state index in [4.69, 9.17) is 0 Å². The molecule has 0 aliphatic rings. The normalized spacial score (nSPS) is 11.5. The number of H-pyrrole nitrogens is 1. The number of rotatable bonds is 3. The van der Waals surface area contributed by atoms with Gasteiger partial charge in [0.25, 0.3) is 5.91 Å². The molecular weight excluding hydrogens is 339 g/mol. The van der Waals surface area contributed by atoms with Crippen LogP contribution in [0.15, 0.2) is 42.5 Å². The number of nitrogens with zero attached hydrogens (tertiary/aromatic N) is 1. The number of amides is 1. The average molecular weight is 351 g/mol. The number of nitrogens with one attached hydrogen (secondary N) is 2. The lowest BCUT2D eigenvalue weighted by Gasteiger charge is -2.11. The number of aryl methyl sites for hydroxylation is 1. The van der Waals surface area contributed by atoms with E-state index in [0.29, 0.717) is 5.69 Å². The zero-order chi connectivity index (χ0) is 17.3. The quantitative estimate of drug-likeness (QED) is 0.717. The molecule has 0 aliphatic heterocycles. The topological polar surface area (TPSA) is 57.8 Å². The van der Waals surface area contributed by atoms with Crippen LogP contribution in [0.1, 0.15) is 20.8 Å².